The lowest BCUT2D eigenvalue weighted by atomic mass is 10.1. The minimum Gasteiger partial charge on any atom is -0.334 e. The Hall–Kier alpha value is -2.80. The number of halogens is 1. The number of anilines is 1. The molecule has 0 atom stereocenters. The van der Waals surface area contributed by atoms with E-state index in [1.807, 2.05) is 0 Å². The molecule has 4 heteroatoms. The Morgan fingerprint density at radius 1 is 1.29 bits per heavy atom. The fourth-order valence-electron chi connectivity index (χ4n) is 1.86. The molecule has 0 spiro atoms. The van der Waals surface area contributed by atoms with Gasteiger partial charge in [-0.1, -0.05) is 24.1 Å². The van der Waals surface area contributed by atoms with Gasteiger partial charge in [-0.2, -0.15) is 0 Å². The number of carbonyl (C=O) groups is 1. The Kier molecular flexibility index (Phi) is 4.57. The first-order valence-electron chi connectivity index (χ1n) is 6.45. The lowest BCUT2D eigenvalue weighted by Crippen LogP contribution is -2.28. The summed E-state index contributed by atoms with van der Waals surface area (Å²) in [6.07, 6.45) is 5.30. The molecule has 106 valence electrons. The number of aryl methyl sites for hydroxylation is 1. The SMILES string of the molecule is C#Cc1cccc(NC(=O)NCc2ccc(F)c(C)c2)c1. The maximum atomic E-state index is 13.1. The summed E-state index contributed by atoms with van der Waals surface area (Å²) in [5.74, 6) is 2.25. The number of rotatable bonds is 3. The summed E-state index contributed by atoms with van der Waals surface area (Å²) in [5.41, 5.74) is 2.71. The highest BCUT2D eigenvalue weighted by atomic mass is 19.1. The Morgan fingerprint density at radius 3 is 2.81 bits per heavy atom. The molecule has 0 fully saturated rings. The lowest BCUT2D eigenvalue weighted by molar-refractivity contribution is 0.251. The van der Waals surface area contributed by atoms with Crippen molar-refractivity contribution in [2.24, 2.45) is 0 Å². The highest BCUT2D eigenvalue weighted by Gasteiger charge is 2.03. The van der Waals surface area contributed by atoms with E-state index in [-0.39, 0.29) is 11.8 Å². The van der Waals surface area contributed by atoms with Crippen LogP contribution in [0.5, 0.6) is 0 Å². The number of amides is 2. The molecule has 0 aliphatic carbocycles. The van der Waals surface area contributed by atoms with E-state index in [2.05, 4.69) is 16.6 Å². The zero-order chi connectivity index (χ0) is 15.2. The largest absolute Gasteiger partial charge is 0.334 e. The Balaban J connectivity index is 1.92. The zero-order valence-electron chi connectivity index (χ0n) is 11.6. The third-order valence-corrected chi connectivity index (χ3v) is 2.96. The molecule has 0 aliphatic rings. The van der Waals surface area contributed by atoms with Crippen molar-refractivity contribution >= 4 is 11.7 Å². The zero-order valence-corrected chi connectivity index (χ0v) is 11.6. The maximum absolute atomic E-state index is 13.1. The van der Waals surface area contributed by atoms with Gasteiger partial charge in [0, 0.05) is 17.8 Å². The van der Waals surface area contributed by atoms with Gasteiger partial charge in [-0.15, -0.1) is 6.42 Å². The van der Waals surface area contributed by atoms with Crippen LogP contribution in [-0.4, -0.2) is 6.03 Å². The van der Waals surface area contributed by atoms with Gasteiger partial charge in [0.05, 0.1) is 0 Å². The summed E-state index contributed by atoms with van der Waals surface area (Å²) < 4.78 is 13.1. The molecule has 0 radical (unpaired) electrons. The van der Waals surface area contributed by atoms with Crippen molar-refractivity contribution in [3.63, 3.8) is 0 Å². The number of terminal acetylenes is 1. The van der Waals surface area contributed by atoms with Crippen molar-refractivity contribution < 1.29 is 9.18 Å². The summed E-state index contributed by atoms with van der Waals surface area (Å²) in [7, 11) is 0. The molecule has 2 rings (SSSR count). The van der Waals surface area contributed by atoms with Crippen LogP contribution in [0, 0.1) is 25.1 Å². The van der Waals surface area contributed by atoms with Crippen LogP contribution in [0.2, 0.25) is 0 Å². The van der Waals surface area contributed by atoms with Gasteiger partial charge in [-0.05, 0) is 42.3 Å². The van der Waals surface area contributed by atoms with Gasteiger partial charge >= 0.3 is 6.03 Å². The van der Waals surface area contributed by atoms with Gasteiger partial charge in [0.25, 0.3) is 0 Å². The van der Waals surface area contributed by atoms with Crippen molar-refractivity contribution in [3.8, 4) is 12.3 Å². The van der Waals surface area contributed by atoms with Gasteiger partial charge in [0.2, 0.25) is 0 Å². The summed E-state index contributed by atoms with van der Waals surface area (Å²) in [6, 6.07) is 11.4. The molecule has 0 aromatic heterocycles. The normalized spacial score (nSPS) is 9.76. The third kappa shape index (κ3) is 4.08. The second-order valence-electron chi connectivity index (χ2n) is 4.62. The molecule has 21 heavy (non-hydrogen) atoms. The number of hydrogen-bond acceptors (Lipinski definition) is 1. The monoisotopic (exact) mass is 282 g/mol. The van der Waals surface area contributed by atoms with Gasteiger partial charge in [0.1, 0.15) is 5.82 Å². The standard InChI is InChI=1S/C17H15FN2O/c1-3-13-5-4-6-15(10-13)20-17(21)19-11-14-7-8-16(18)12(2)9-14/h1,4-10H,11H2,2H3,(H2,19,20,21). The fourth-order valence-corrected chi connectivity index (χ4v) is 1.86. The van der Waals surface area contributed by atoms with Crippen molar-refractivity contribution in [2.75, 3.05) is 5.32 Å². The molecule has 0 heterocycles. The second-order valence-corrected chi connectivity index (χ2v) is 4.62. The Morgan fingerprint density at radius 2 is 2.10 bits per heavy atom. The predicted octanol–water partition coefficient (Wildman–Crippen LogP) is 3.44. The first-order valence-corrected chi connectivity index (χ1v) is 6.45. The lowest BCUT2D eigenvalue weighted by Gasteiger charge is -2.08. The van der Waals surface area contributed by atoms with Crippen LogP contribution < -0.4 is 10.6 Å². The van der Waals surface area contributed by atoms with Gasteiger partial charge in [-0.25, -0.2) is 9.18 Å². The van der Waals surface area contributed by atoms with Crippen molar-refractivity contribution in [1.82, 2.24) is 5.32 Å². The third-order valence-electron chi connectivity index (χ3n) is 2.96. The van der Waals surface area contributed by atoms with E-state index < -0.39 is 0 Å². The number of hydrogen-bond donors (Lipinski definition) is 2. The molecular weight excluding hydrogens is 267 g/mol. The first kappa shape index (κ1) is 14.6. The number of carbonyl (C=O) groups excluding carboxylic acids is 1. The van der Waals surface area contributed by atoms with Crippen LogP contribution in [0.3, 0.4) is 0 Å². The van der Waals surface area contributed by atoms with Crippen LogP contribution in [0.1, 0.15) is 16.7 Å². The molecule has 0 aliphatic heterocycles. The van der Waals surface area contributed by atoms with Crippen LogP contribution in [0.15, 0.2) is 42.5 Å². The Bertz CT molecular complexity index is 704. The Labute approximate surface area is 123 Å². The summed E-state index contributed by atoms with van der Waals surface area (Å²) in [5, 5.41) is 5.40. The van der Waals surface area contributed by atoms with Crippen LogP contribution in [-0.2, 0) is 6.54 Å². The topological polar surface area (TPSA) is 41.1 Å². The van der Waals surface area contributed by atoms with Gasteiger partial charge in [0.15, 0.2) is 0 Å². The van der Waals surface area contributed by atoms with Crippen LogP contribution in [0.4, 0.5) is 14.9 Å². The van der Waals surface area contributed by atoms with E-state index in [1.165, 1.54) is 6.07 Å². The average Bonchev–Trinajstić information content (AvgIpc) is 2.48. The number of urea groups is 1. The fraction of sp³-hybridized carbons (Fsp3) is 0.118. The van der Waals surface area contributed by atoms with Crippen molar-refractivity contribution in [2.45, 2.75) is 13.5 Å². The quantitative estimate of drug-likeness (QED) is 0.832. The van der Waals surface area contributed by atoms with Crippen molar-refractivity contribution in [3.05, 3.63) is 65.0 Å². The molecule has 0 saturated carbocycles. The van der Waals surface area contributed by atoms with E-state index >= 15 is 0 Å². The van der Waals surface area contributed by atoms with Crippen LogP contribution >= 0.6 is 0 Å². The van der Waals surface area contributed by atoms with E-state index in [1.54, 1.807) is 43.3 Å². The molecule has 0 saturated heterocycles. The van der Waals surface area contributed by atoms with Gasteiger partial charge < -0.3 is 10.6 Å². The van der Waals surface area contributed by atoms with Crippen LogP contribution in [0.25, 0.3) is 0 Å². The summed E-state index contributed by atoms with van der Waals surface area (Å²) in [4.78, 5) is 11.8. The molecular formula is C17H15FN2O. The van der Waals surface area contributed by atoms with Crippen molar-refractivity contribution in [1.29, 1.82) is 0 Å². The van der Waals surface area contributed by atoms with E-state index in [0.29, 0.717) is 23.4 Å². The average molecular weight is 282 g/mol. The molecule has 0 bridgehead atoms. The number of nitrogens with one attached hydrogen (secondary N) is 2. The second kappa shape index (κ2) is 6.58. The molecule has 2 N–H and O–H groups in total. The minimum atomic E-state index is -0.342. The minimum absolute atomic E-state index is 0.255. The smallest absolute Gasteiger partial charge is 0.319 e. The number of benzene rings is 2. The highest BCUT2D eigenvalue weighted by Crippen LogP contribution is 2.10. The molecule has 2 aromatic rings. The summed E-state index contributed by atoms with van der Waals surface area (Å²) >= 11 is 0. The molecule has 0 unspecified atom stereocenters. The van der Waals surface area contributed by atoms with E-state index in [9.17, 15) is 9.18 Å². The molecule has 3 nitrogen and oxygen atoms in total. The molecule has 2 amide bonds. The molecule has 2 aromatic carbocycles. The maximum Gasteiger partial charge on any atom is 0.319 e. The highest BCUT2D eigenvalue weighted by molar-refractivity contribution is 5.89. The van der Waals surface area contributed by atoms with Gasteiger partial charge in [-0.3, -0.25) is 0 Å². The van der Waals surface area contributed by atoms with E-state index in [4.69, 9.17) is 6.42 Å². The summed E-state index contributed by atoms with van der Waals surface area (Å²) in [6.45, 7) is 2.01. The first-order chi connectivity index (χ1) is 10.1. The predicted molar refractivity (Wildman–Crippen MR) is 81.4 cm³/mol. The van der Waals surface area contributed by atoms with E-state index in [0.717, 1.165) is 5.56 Å².